The van der Waals surface area contributed by atoms with Crippen LogP contribution < -0.4 is 5.73 Å². The molecule has 2 heterocycles. The Bertz CT molecular complexity index is 629. The molecule has 3 nitrogen and oxygen atoms in total. The van der Waals surface area contributed by atoms with Gasteiger partial charge in [-0.15, -0.1) is 0 Å². The minimum absolute atomic E-state index is 0.306. The van der Waals surface area contributed by atoms with Gasteiger partial charge in [0.15, 0.2) is 0 Å². The Morgan fingerprint density at radius 2 is 2.17 bits per heavy atom. The summed E-state index contributed by atoms with van der Waals surface area (Å²) in [6.07, 6.45) is 2.05. The topological polar surface area (TPSA) is 43.3 Å². The molecule has 0 fully saturated rings. The van der Waals surface area contributed by atoms with Crippen molar-refractivity contribution in [3.8, 4) is 0 Å². The molecule has 0 saturated heterocycles. The van der Waals surface area contributed by atoms with Gasteiger partial charge in [0.05, 0.1) is 12.2 Å². The summed E-state index contributed by atoms with van der Waals surface area (Å²) >= 11 is 3.51. The molecule has 0 aliphatic carbocycles. The summed E-state index contributed by atoms with van der Waals surface area (Å²) in [5.41, 5.74) is 7.92. The van der Waals surface area contributed by atoms with E-state index in [4.69, 9.17) is 10.7 Å². The second-order valence-electron chi connectivity index (χ2n) is 4.80. The van der Waals surface area contributed by atoms with E-state index in [9.17, 15) is 0 Å². The van der Waals surface area contributed by atoms with Crippen LogP contribution in [0.3, 0.4) is 0 Å². The van der Waals surface area contributed by atoms with E-state index in [1.54, 1.807) is 0 Å². The Balaban J connectivity index is 2.10. The lowest BCUT2D eigenvalue weighted by molar-refractivity contribution is 0.402. The van der Waals surface area contributed by atoms with Crippen LogP contribution in [0.2, 0.25) is 0 Å². The zero-order valence-electron chi connectivity index (χ0n) is 10.1. The molecule has 1 aromatic heterocycles. The summed E-state index contributed by atoms with van der Waals surface area (Å²) < 4.78 is 3.22. The maximum Gasteiger partial charge on any atom is 0.143 e. The third-order valence-electron chi connectivity index (χ3n) is 3.38. The molecule has 1 unspecified atom stereocenters. The molecular weight excluding hydrogens is 290 g/mol. The van der Waals surface area contributed by atoms with E-state index >= 15 is 0 Å². The van der Waals surface area contributed by atoms with Crippen LogP contribution in [0.15, 0.2) is 52.1 Å². The van der Waals surface area contributed by atoms with Gasteiger partial charge in [-0.3, -0.25) is 4.99 Å². The van der Waals surface area contributed by atoms with E-state index in [0.29, 0.717) is 5.84 Å². The second kappa shape index (κ2) is 3.99. The highest BCUT2D eigenvalue weighted by molar-refractivity contribution is 9.10. The lowest BCUT2D eigenvalue weighted by Gasteiger charge is -2.32. The van der Waals surface area contributed by atoms with Crippen molar-refractivity contribution < 1.29 is 0 Å². The SMILES string of the molecule is CC1(c2cccc(Br)c2)Cn2cccc2C(N)=N1. The summed E-state index contributed by atoms with van der Waals surface area (Å²) in [6, 6.07) is 12.2. The molecule has 2 N–H and O–H groups in total. The minimum Gasteiger partial charge on any atom is -0.382 e. The average Bonchev–Trinajstić information content (AvgIpc) is 2.77. The van der Waals surface area contributed by atoms with Gasteiger partial charge in [0.1, 0.15) is 11.4 Å². The van der Waals surface area contributed by atoms with Crippen LogP contribution >= 0.6 is 15.9 Å². The minimum atomic E-state index is -0.306. The van der Waals surface area contributed by atoms with Crippen molar-refractivity contribution in [2.24, 2.45) is 10.7 Å². The predicted octanol–water partition coefficient (Wildman–Crippen LogP) is 2.88. The second-order valence-corrected chi connectivity index (χ2v) is 5.72. The highest BCUT2D eigenvalue weighted by atomic mass is 79.9. The van der Waals surface area contributed by atoms with Crippen LogP contribution in [0.1, 0.15) is 18.2 Å². The molecule has 0 bridgehead atoms. The van der Waals surface area contributed by atoms with Crippen LogP contribution in [0, 0.1) is 0 Å². The number of aromatic nitrogens is 1. The fourth-order valence-corrected chi connectivity index (χ4v) is 2.85. The lowest BCUT2D eigenvalue weighted by atomic mass is 9.91. The van der Waals surface area contributed by atoms with Gasteiger partial charge in [-0.05, 0) is 36.8 Å². The third kappa shape index (κ3) is 1.77. The van der Waals surface area contributed by atoms with E-state index in [1.807, 2.05) is 30.5 Å². The van der Waals surface area contributed by atoms with Gasteiger partial charge in [0, 0.05) is 10.7 Å². The molecule has 1 aliphatic rings. The predicted molar refractivity (Wildman–Crippen MR) is 76.7 cm³/mol. The quantitative estimate of drug-likeness (QED) is 0.865. The van der Waals surface area contributed by atoms with Gasteiger partial charge in [-0.25, -0.2) is 0 Å². The molecule has 0 amide bonds. The largest absolute Gasteiger partial charge is 0.382 e. The monoisotopic (exact) mass is 303 g/mol. The molecule has 1 aliphatic heterocycles. The Morgan fingerprint density at radius 1 is 1.33 bits per heavy atom. The molecule has 3 rings (SSSR count). The maximum absolute atomic E-state index is 6.06. The van der Waals surface area contributed by atoms with Crippen molar-refractivity contribution in [1.82, 2.24) is 4.57 Å². The molecule has 92 valence electrons. The summed E-state index contributed by atoms with van der Waals surface area (Å²) in [5.74, 6) is 0.605. The van der Waals surface area contributed by atoms with E-state index in [0.717, 1.165) is 16.7 Å². The highest BCUT2D eigenvalue weighted by Gasteiger charge is 2.31. The highest BCUT2D eigenvalue weighted by Crippen LogP contribution is 2.32. The van der Waals surface area contributed by atoms with Gasteiger partial charge in [-0.2, -0.15) is 0 Å². The van der Waals surface area contributed by atoms with Gasteiger partial charge < -0.3 is 10.3 Å². The van der Waals surface area contributed by atoms with Crippen molar-refractivity contribution in [2.45, 2.75) is 19.0 Å². The van der Waals surface area contributed by atoms with E-state index in [1.165, 1.54) is 5.56 Å². The zero-order chi connectivity index (χ0) is 12.8. The molecule has 1 aromatic carbocycles. The third-order valence-corrected chi connectivity index (χ3v) is 3.88. The van der Waals surface area contributed by atoms with Crippen molar-refractivity contribution in [3.05, 3.63) is 58.3 Å². The number of rotatable bonds is 1. The first-order chi connectivity index (χ1) is 8.58. The van der Waals surface area contributed by atoms with Crippen molar-refractivity contribution in [3.63, 3.8) is 0 Å². The fourth-order valence-electron chi connectivity index (χ4n) is 2.45. The van der Waals surface area contributed by atoms with Gasteiger partial charge in [-0.1, -0.05) is 28.1 Å². The standard InChI is InChI=1S/C14H14BrN3/c1-14(10-4-2-5-11(15)8-10)9-18-7-3-6-12(18)13(16)17-14/h2-8H,9H2,1H3,(H2,16,17). The van der Waals surface area contributed by atoms with Crippen LogP contribution in [-0.2, 0) is 12.1 Å². The van der Waals surface area contributed by atoms with Crippen molar-refractivity contribution in [2.75, 3.05) is 0 Å². The molecule has 0 spiro atoms. The number of nitrogens with zero attached hydrogens (tertiary/aromatic N) is 2. The lowest BCUT2D eigenvalue weighted by Crippen LogP contribution is -2.36. The molecule has 0 saturated carbocycles. The summed E-state index contributed by atoms with van der Waals surface area (Å²) in [7, 11) is 0. The normalized spacial score (nSPS) is 22.4. The Labute approximate surface area is 114 Å². The average molecular weight is 304 g/mol. The Morgan fingerprint density at radius 3 is 2.94 bits per heavy atom. The number of aliphatic imine (C=N–C) groups is 1. The first-order valence-electron chi connectivity index (χ1n) is 5.85. The van der Waals surface area contributed by atoms with Crippen molar-refractivity contribution >= 4 is 21.8 Å². The van der Waals surface area contributed by atoms with E-state index in [2.05, 4.69) is 39.6 Å². The molecule has 0 radical (unpaired) electrons. The summed E-state index contributed by atoms with van der Waals surface area (Å²) in [5, 5.41) is 0. The number of nitrogens with two attached hydrogens (primary N) is 1. The first kappa shape index (κ1) is 11.5. The number of halogens is 1. The number of hydrogen-bond donors (Lipinski definition) is 1. The van der Waals surface area contributed by atoms with E-state index in [-0.39, 0.29) is 5.54 Å². The first-order valence-corrected chi connectivity index (χ1v) is 6.65. The summed E-state index contributed by atoms with van der Waals surface area (Å²) in [6.45, 7) is 2.93. The Kier molecular flexibility index (Phi) is 2.55. The van der Waals surface area contributed by atoms with Crippen LogP contribution in [0.4, 0.5) is 0 Å². The van der Waals surface area contributed by atoms with Gasteiger partial charge in [0.2, 0.25) is 0 Å². The molecule has 18 heavy (non-hydrogen) atoms. The van der Waals surface area contributed by atoms with Crippen LogP contribution in [-0.4, -0.2) is 10.4 Å². The van der Waals surface area contributed by atoms with Crippen molar-refractivity contribution in [1.29, 1.82) is 0 Å². The van der Waals surface area contributed by atoms with Crippen LogP contribution in [0.25, 0.3) is 0 Å². The zero-order valence-corrected chi connectivity index (χ0v) is 11.7. The number of hydrogen-bond acceptors (Lipinski definition) is 2. The van der Waals surface area contributed by atoms with E-state index < -0.39 is 0 Å². The molecule has 1 atom stereocenters. The molecular formula is C14H14BrN3. The number of fused-ring (bicyclic) bond motifs is 1. The number of amidine groups is 1. The summed E-state index contributed by atoms with van der Waals surface area (Å²) in [4.78, 5) is 4.69. The molecule has 2 aromatic rings. The maximum atomic E-state index is 6.06. The van der Waals surface area contributed by atoms with Gasteiger partial charge >= 0.3 is 0 Å². The van der Waals surface area contributed by atoms with Gasteiger partial charge in [0.25, 0.3) is 0 Å². The smallest absolute Gasteiger partial charge is 0.143 e. The number of benzene rings is 1. The Hall–Kier alpha value is -1.55. The fraction of sp³-hybridized carbons (Fsp3) is 0.214. The van der Waals surface area contributed by atoms with Crippen LogP contribution in [0.5, 0.6) is 0 Å². The molecule has 4 heteroatoms.